The van der Waals surface area contributed by atoms with Gasteiger partial charge in [0.25, 0.3) is 0 Å². The number of ether oxygens (including phenoxy) is 2. The van der Waals surface area contributed by atoms with Crippen molar-refractivity contribution in [2.24, 2.45) is 5.92 Å². The van der Waals surface area contributed by atoms with E-state index in [1.54, 1.807) is 0 Å². The first-order valence-electron chi connectivity index (χ1n) is 14.9. The molecule has 2 aromatic carbocycles. The van der Waals surface area contributed by atoms with Crippen LogP contribution in [-0.4, -0.2) is 82.7 Å². The molecule has 3 atom stereocenters. The van der Waals surface area contributed by atoms with Crippen molar-refractivity contribution >= 4 is 27.5 Å². The monoisotopic (exact) mass is 603 g/mol. The van der Waals surface area contributed by atoms with E-state index in [0.29, 0.717) is 55.9 Å². The van der Waals surface area contributed by atoms with Crippen LogP contribution in [0.15, 0.2) is 30.5 Å². The molecule has 3 aliphatic rings. The number of phenolic OH excluding ortho intramolecular Hbond substituents is 1. The summed E-state index contributed by atoms with van der Waals surface area (Å²) in [6.45, 7) is 5.60. The van der Waals surface area contributed by atoms with Gasteiger partial charge in [-0.25, -0.2) is 13.2 Å². The van der Waals surface area contributed by atoms with Crippen LogP contribution in [0.2, 0.25) is 0 Å². The van der Waals surface area contributed by atoms with Crippen LogP contribution in [-0.2, 0) is 4.74 Å². The molecule has 0 spiro atoms. The van der Waals surface area contributed by atoms with Crippen molar-refractivity contribution in [1.82, 2.24) is 19.9 Å². The van der Waals surface area contributed by atoms with Crippen LogP contribution in [0.25, 0.3) is 32.9 Å². The van der Waals surface area contributed by atoms with Crippen LogP contribution >= 0.6 is 0 Å². The Labute approximate surface area is 252 Å². The van der Waals surface area contributed by atoms with Crippen molar-refractivity contribution in [2.75, 3.05) is 50.9 Å². The quantitative estimate of drug-likeness (QED) is 0.311. The summed E-state index contributed by atoms with van der Waals surface area (Å²) in [4.78, 5) is 17.9. The van der Waals surface area contributed by atoms with Gasteiger partial charge < -0.3 is 19.5 Å². The molecule has 1 N–H and O–H groups in total. The number of hydrogen-bond acceptors (Lipinski definition) is 8. The maximum Gasteiger partial charge on any atom is 0.319 e. The SMILES string of the molecule is C#Cc1c(F)ccc2cc(O)cc(-c3ncc4c(N5CCOCC(C)C5)nc(OC[C@@]56CCCN5C[C@H](F)C6)nc4c3F)c12. The van der Waals surface area contributed by atoms with E-state index in [4.69, 9.17) is 20.9 Å². The number of anilines is 1. The molecule has 3 aliphatic heterocycles. The second-order valence-corrected chi connectivity index (χ2v) is 12.2. The van der Waals surface area contributed by atoms with E-state index < -0.39 is 23.3 Å². The van der Waals surface area contributed by atoms with E-state index in [1.807, 2.05) is 4.90 Å². The minimum absolute atomic E-state index is 0.0268. The van der Waals surface area contributed by atoms with Crippen LogP contribution in [0.1, 0.15) is 31.7 Å². The van der Waals surface area contributed by atoms with E-state index >= 15 is 4.39 Å². The number of fused-ring (bicyclic) bond motifs is 3. The van der Waals surface area contributed by atoms with Crippen LogP contribution < -0.4 is 9.64 Å². The molecule has 1 unspecified atom stereocenters. The predicted octanol–water partition coefficient (Wildman–Crippen LogP) is 5.24. The number of aromatic nitrogens is 3. The number of terminal acetylenes is 1. The number of hydrogen-bond donors (Lipinski definition) is 1. The van der Waals surface area contributed by atoms with Crippen molar-refractivity contribution < 1.29 is 27.8 Å². The highest BCUT2D eigenvalue weighted by Crippen LogP contribution is 2.41. The van der Waals surface area contributed by atoms with Gasteiger partial charge in [0, 0.05) is 43.2 Å². The van der Waals surface area contributed by atoms with Gasteiger partial charge in [0.2, 0.25) is 0 Å². The Hall–Kier alpha value is -4.14. The number of benzene rings is 2. The highest BCUT2D eigenvalue weighted by Gasteiger charge is 2.49. The van der Waals surface area contributed by atoms with Crippen LogP contribution in [0.3, 0.4) is 0 Å². The van der Waals surface area contributed by atoms with Crippen molar-refractivity contribution in [2.45, 2.75) is 37.9 Å². The fourth-order valence-electron chi connectivity index (χ4n) is 7.09. The summed E-state index contributed by atoms with van der Waals surface area (Å²) in [6, 6.07) is 5.40. The summed E-state index contributed by atoms with van der Waals surface area (Å²) in [6.07, 6.45) is 8.34. The fourth-order valence-corrected chi connectivity index (χ4v) is 7.09. The molecule has 0 radical (unpaired) electrons. The van der Waals surface area contributed by atoms with Gasteiger partial charge in [-0.1, -0.05) is 18.9 Å². The average Bonchev–Trinajstić information content (AvgIpc) is 3.43. The Morgan fingerprint density at radius 2 is 2.07 bits per heavy atom. The number of aromatic hydroxyl groups is 1. The van der Waals surface area contributed by atoms with Crippen molar-refractivity contribution in [3.05, 3.63) is 47.7 Å². The van der Waals surface area contributed by atoms with Gasteiger partial charge in [-0.15, -0.1) is 6.42 Å². The number of alkyl halides is 1. The molecule has 11 heteroatoms. The topological polar surface area (TPSA) is 83.8 Å². The van der Waals surface area contributed by atoms with Gasteiger partial charge in [0.15, 0.2) is 5.82 Å². The van der Waals surface area contributed by atoms with Crippen LogP contribution in [0.5, 0.6) is 11.8 Å². The molecule has 228 valence electrons. The number of nitrogens with zero attached hydrogens (tertiary/aromatic N) is 5. The Bertz CT molecular complexity index is 1810. The zero-order valence-electron chi connectivity index (χ0n) is 24.3. The zero-order chi connectivity index (χ0) is 30.6. The number of pyridine rings is 1. The number of phenols is 1. The van der Waals surface area contributed by atoms with E-state index in [2.05, 4.69) is 27.7 Å². The summed E-state index contributed by atoms with van der Waals surface area (Å²) in [5, 5.41) is 11.5. The predicted molar refractivity (Wildman–Crippen MR) is 161 cm³/mol. The lowest BCUT2D eigenvalue weighted by Gasteiger charge is -2.31. The third-order valence-electron chi connectivity index (χ3n) is 9.07. The maximum atomic E-state index is 16.7. The standard InChI is InChI=1S/C33H32F3N5O3/c1-3-23-26(35)6-5-20-11-22(42)12-24(27(20)23)29-28(36)30-25(14-37-29)31(40-9-10-43-17-19(2)15-40)39-32(38-30)44-18-33-7-4-8-41(33)16-21(34)13-33/h1,5-6,11-12,14,19,21,42H,4,7-10,13,15-18H2,2H3/t19?,21-,33+/m1/s1. The van der Waals surface area contributed by atoms with Crippen molar-refractivity contribution in [3.63, 3.8) is 0 Å². The third kappa shape index (κ3) is 4.86. The summed E-state index contributed by atoms with van der Waals surface area (Å²) in [5.74, 6) is 1.40. The number of halogens is 3. The van der Waals surface area contributed by atoms with Crippen LogP contribution in [0, 0.1) is 29.9 Å². The molecule has 5 heterocycles. The van der Waals surface area contributed by atoms with Gasteiger partial charge in [-0.2, -0.15) is 9.97 Å². The maximum absolute atomic E-state index is 16.7. The summed E-state index contributed by atoms with van der Waals surface area (Å²) < 4.78 is 57.8. The van der Waals surface area contributed by atoms with E-state index in [0.717, 1.165) is 19.4 Å². The second-order valence-electron chi connectivity index (χ2n) is 12.2. The van der Waals surface area contributed by atoms with E-state index in [-0.39, 0.29) is 52.0 Å². The molecule has 3 saturated heterocycles. The Kier molecular flexibility index (Phi) is 7.22. The molecule has 7 rings (SSSR count). The molecule has 0 aliphatic carbocycles. The molecule has 2 aromatic heterocycles. The Balaban J connectivity index is 1.38. The first kappa shape index (κ1) is 28.6. The van der Waals surface area contributed by atoms with Crippen LogP contribution in [0.4, 0.5) is 19.0 Å². The van der Waals surface area contributed by atoms with Gasteiger partial charge >= 0.3 is 6.01 Å². The highest BCUT2D eigenvalue weighted by molar-refractivity contribution is 6.03. The average molecular weight is 604 g/mol. The fraction of sp³-hybridized carbons (Fsp3) is 0.424. The molecular formula is C33H32F3N5O3. The molecule has 44 heavy (non-hydrogen) atoms. The summed E-state index contributed by atoms with van der Waals surface area (Å²) >= 11 is 0. The summed E-state index contributed by atoms with van der Waals surface area (Å²) in [5.41, 5.74) is -0.570. The Morgan fingerprint density at radius 1 is 1.20 bits per heavy atom. The third-order valence-corrected chi connectivity index (χ3v) is 9.07. The van der Waals surface area contributed by atoms with E-state index in [1.165, 1.54) is 30.5 Å². The minimum Gasteiger partial charge on any atom is -0.508 e. The van der Waals surface area contributed by atoms with Crippen molar-refractivity contribution in [1.29, 1.82) is 0 Å². The summed E-state index contributed by atoms with van der Waals surface area (Å²) in [7, 11) is 0. The van der Waals surface area contributed by atoms with Gasteiger partial charge in [-0.05, 0) is 48.9 Å². The number of rotatable bonds is 5. The largest absolute Gasteiger partial charge is 0.508 e. The molecular weight excluding hydrogens is 571 g/mol. The van der Waals surface area contributed by atoms with E-state index in [9.17, 15) is 13.9 Å². The lowest BCUT2D eigenvalue weighted by Crippen LogP contribution is -2.43. The molecule has 0 bridgehead atoms. The molecule has 3 fully saturated rings. The molecule has 0 amide bonds. The van der Waals surface area contributed by atoms with Gasteiger partial charge in [0.05, 0.1) is 29.7 Å². The van der Waals surface area contributed by atoms with Gasteiger partial charge in [-0.3, -0.25) is 9.88 Å². The first-order valence-corrected chi connectivity index (χ1v) is 14.9. The first-order chi connectivity index (χ1) is 21.3. The normalized spacial score (nSPS) is 24.0. The van der Waals surface area contributed by atoms with Gasteiger partial charge in [0.1, 0.15) is 41.4 Å². The van der Waals surface area contributed by atoms with Crippen molar-refractivity contribution in [3.8, 4) is 35.4 Å². The Morgan fingerprint density at radius 3 is 2.91 bits per heavy atom. The molecule has 8 nitrogen and oxygen atoms in total. The lowest BCUT2D eigenvalue weighted by atomic mass is 9.95. The smallest absolute Gasteiger partial charge is 0.319 e. The molecule has 0 saturated carbocycles. The highest BCUT2D eigenvalue weighted by atomic mass is 19.1. The molecule has 4 aromatic rings. The lowest BCUT2D eigenvalue weighted by molar-refractivity contribution is 0.107. The minimum atomic E-state index is -0.925. The second kappa shape index (κ2) is 11.1. The zero-order valence-corrected chi connectivity index (χ0v) is 24.3.